The van der Waals surface area contributed by atoms with Gasteiger partial charge in [-0.05, 0) is 94.8 Å². The molecule has 3 aliphatic heterocycles. The topological polar surface area (TPSA) is 80.6 Å². The van der Waals surface area contributed by atoms with E-state index in [0.29, 0.717) is 22.5 Å². The minimum Gasteiger partial charge on any atom is -0.308 e. The molecule has 0 fully saturated rings. The Kier molecular flexibility index (Phi) is 5.97. The zero-order valence-electron chi connectivity index (χ0n) is 34.1. The Morgan fingerprint density at radius 2 is 0.719 bits per heavy atom. The summed E-state index contributed by atoms with van der Waals surface area (Å²) in [7, 11) is 0. The Labute approximate surface area is 364 Å². The molecule has 7 nitrogen and oxygen atoms in total. The Morgan fingerprint density at radius 1 is 0.391 bits per heavy atom. The van der Waals surface area contributed by atoms with Crippen molar-refractivity contribution in [2.75, 3.05) is 4.90 Å². The average molecular weight is 834 g/mol. The van der Waals surface area contributed by atoms with Crippen LogP contribution in [0.4, 0.5) is 30.2 Å². The number of fused-ring (bicyclic) bond motifs is 21. The van der Waals surface area contributed by atoms with Gasteiger partial charge in [0.1, 0.15) is 16.2 Å². The fourth-order valence-corrected chi connectivity index (χ4v) is 12.8. The molecule has 0 saturated heterocycles. The Hall–Kier alpha value is -7.85. The molecule has 0 saturated carbocycles. The van der Waals surface area contributed by atoms with Gasteiger partial charge in [-0.3, -0.25) is 29.9 Å². The maximum Gasteiger partial charge on any atom is 0.417 e. The summed E-state index contributed by atoms with van der Waals surface area (Å²) in [5.74, 6) is 0. The Bertz CT molecular complexity index is 3510. The number of aryl methyl sites for hydroxylation is 2. The van der Waals surface area contributed by atoms with Crippen molar-refractivity contribution in [3.05, 3.63) is 231 Å². The molecule has 3 aromatic carbocycles. The first-order valence-electron chi connectivity index (χ1n) is 21.3. The van der Waals surface area contributed by atoms with E-state index >= 15 is 0 Å². The Balaban J connectivity index is 1.21. The first-order chi connectivity index (χ1) is 31.2. The number of nitrogens with zero attached hydrogens (tertiary/aromatic N) is 7. The third-order valence-corrected chi connectivity index (χ3v) is 14.9. The van der Waals surface area contributed by atoms with Crippen molar-refractivity contribution in [2.24, 2.45) is 0 Å². The van der Waals surface area contributed by atoms with Crippen molar-refractivity contribution in [1.82, 2.24) is 29.9 Å². The molecule has 0 radical (unpaired) electrons. The second kappa shape index (κ2) is 11.0. The molecule has 6 aliphatic rings. The van der Waals surface area contributed by atoms with Gasteiger partial charge in [0, 0.05) is 70.6 Å². The van der Waals surface area contributed by atoms with E-state index in [1.807, 2.05) is 43.0 Å². The van der Waals surface area contributed by atoms with E-state index in [-0.39, 0.29) is 0 Å². The molecule has 0 bridgehead atoms. The highest BCUT2D eigenvalue weighted by atomic mass is 19.4. The molecule has 64 heavy (non-hydrogen) atoms. The first-order valence-corrected chi connectivity index (χ1v) is 21.3. The zero-order chi connectivity index (χ0) is 42.6. The molecule has 9 heterocycles. The SMILES string of the molecule is Cc1cnc2c(c1)-c1cccnc1C21c2cccc3c2N2c4c1cccc4C1(c4cccc(c42)C32c3ncccc3-c3cc(C)cnc32)c2ncccc2-c2cc(C(F)(F)F)cnc21. The summed E-state index contributed by atoms with van der Waals surface area (Å²) in [6.07, 6.45) is 5.72. The summed E-state index contributed by atoms with van der Waals surface area (Å²) in [5.41, 5.74) is 16.2. The lowest BCUT2D eigenvalue weighted by Gasteiger charge is -2.55. The van der Waals surface area contributed by atoms with Crippen molar-refractivity contribution in [3.63, 3.8) is 0 Å². The van der Waals surface area contributed by atoms with Crippen molar-refractivity contribution >= 4 is 17.1 Å². The lowest BCUT2D eigenvalue weighted by molar-refractivity contribution is -0.137. The van der Waals surface area contributed by atoms with E-state index in [9.17, 15) is 13.2 Å². The molecule has 15 rings (SSSR count). The van der Waals surface area contributed by atoms with E-state index < -0.39 is 28.0 Å². The second-order valence-electron chi connectivity index (χ2n) is 17.8. The van der Waals surface area contributed by atoms with Crippen molar-refractivity contribution < 1.29 is 13.2 Å². The van der Waals surface area contributed by atoms with Gasteiger partial charge in [-0.15, -0.1) is 0 Å². The predicted octanol–water partition coefficient (Wildman–Crippen LogP) is 11.2. The van der Waals surface area contributed by atoms with Crippen LogP contribution in [0, 0.1) is 13.8 Å². The highest BCUT2D eigenvalue weighted by Gasteiger charge is 2.65. The second-order valence-corrected chi connectivity index (χ2v) is 17.8. The number of rotatable bonds is 0. The van der Waals surface area contributed by atoms with E-state index in [2.05, 4.69) is 97.6 Å². The lowest BCUT2D eigenvalue weighted by atomic mass is 9.56. The average Bonchev–Trinajstić information content (AvgIpc) is 3.88. The minimum atomic E-state index is -4.61. The van der Waals surface area contributed by atoms with Crippen LogP contribution < -0.4 is 4.90 Å². The number of hydrogen-bond donors (Lipinski definition) is 0. The zero-order valence-corrected chi connectivity index (χ0v) is 34.1. The third-order valence-electron chi connectivity index (χ3n) is 14.9. The van der Waals surface area contributed by atoms with Gasteiger partial charge in [-0.2, -0.15) is 13.2 Å². The predicted molar refractivity (Wildman–Crippen MR) is 235 cm³/mol. The van der Waals surface area contributed by atoms with Gasteiger partial charge in [-0.25, -0.2) is 0 Å². The molecule has 302 valence electrons. The standard InChI is InChI=1S/C54H30F3N7/c1-27-21-33-30-9-6-18-58-45(30)51(48(33)61-24-27)36-12-3-13-37-42(36)64-43-38(51)14-4-16-40(43)53(47-32(11-8-20-60-47)35-23-29(54(55,56)57)26-63-50(35)53)41-17-5-15-39(44(41)64)52(37)46-31(10-7-19-59-46)34-22-28(2)25-62-49(34)52/h3-26H,1-2H3. The summed E-state index contributed by atoms with van der Waals surface area (Å²) in [6, 6.07) is 37.0. The van der Waals surface area contributed by atoms with Crippen LogP contribution in [0.15, 0.2) is 146 Å². The van der Waals surface area contributed by atoms with Crippen molar-refractivity contribution in [3.8, 4) is 33.4 Å². The van der Waals surface area contributed by atoms with Crippen LogP contribution in [0.1, 0.15) is 84.2 Å². The monoisotopic (exact) mass is 833 g/mol. The van der Waals surface area contributed by atoms with E-state index in [1.165, 1.54) is 6.07 Å². The minimum absolute atomic E-state index is 0.407. The highest BCUT2D eigenvalue weighted by Crippen LogP contribution is 2.74. The van der Waals surface area contributed by atoms with Crippen molar-refractivity contribution in [1.29, 1.82) is 0 Å². The van der Waals surface area contributed by atoms with Gasteiger partial charge >= 0.3 is 6.18 Å². The third kappa shape index (κ3) is 3.53. The number of anilines is 3. The van der Waals surface area contributed by atoms with Gasteiger partial charge < -0.3 is 4.90 Å². The fourth-order valence-electron chi connectivity index (χ4n) is 12.8. The maximum absolute atomic E-state index is 14.7. The van der Waals surface area contributed by atoms with Crippen LogP contribution >= 0.6 is 0 Å². The molecule has 2 unspecified atom stereocenters. The van der Waals surface area contributed by atoms with Gasteiger partial charge in [0.05, 0.1) is 56.8 Å². The molecule has 2 atom stereocenters. The van der Waals surface area contributed by atoms with Crippen LogP contribution in [-0.4, -0.2) is 29.9 Å². The number of halogens is 3. The summed E-state index contributed by atoms with van der Waals surface area (Å²) in [4.78, 5) is 33.9. The molecule has 0 N–H and O–H groups in total. The quantitative estimate of drug-likeness (QED) is 0.150. The van der Waals surface area contributed by atoms with Crippen molar-refractivity contribution in [2.45, 2.75) is 36.3 Å². The van der Waals surface area contributed by atoms with Crippen LogP contribution in [0.3, 0.4) is 0 Å². The summed E-state index contributed by atoms with van der Waals surface area (Å²) in [6.45, 7) is 4.13. The lowest BCUT2D eigenvalue weighted by Crippen LogP contribution is -2.48. The molecule has 6 aromatic heterocycles. The van der Waals surface area contributed by atoms with E-state index in [1.54, 1.807) is 12.3 Å². The number of benzene rings is 3. The number of alkyl halides is 3. The fraction of sp³-hybridized carbons (Fsp3) is 0.111. The van der Waals surface area contributed by atoms with Crippen LogP contribution in [0.2, 0.25) is 0 Å². The number of para-hydroxylation sites is 3. The molecule has 9 aromatic rings. The van der Waals surface area contributed by atoms with Gasteiger partial charge in [-0.1, -0.05) is 72.8 Å². The van der Waals surface area contributed by atoms with Crippen LogP contribution in [0.5, 0.6) is 0 Å². The number of aromatic nitrogens is 6. The molecular formula is C54H30F3N7. The summed E-state index contributed by atoms with van der Waals surface area (Å²) < 4.78 is 44.1. The molecule has 3 spiro atoms. The number of pyridine rings is 6. The van der Waals surface area contributed by atoms with Gasteiger partial charge in [0.2, 0.25) is 0 Å². The first kappa shape index (κ1) is 34.7. The number of hydrogen-bond acceptors (Lipinski definition) is 7. The maximum atomic E-state index is 14.7. The van der Waals surface area contributed by atoms with E-state index in [0.717, 1.165) is 113 Å². The normalized spacial score (nSPS) is 21.0. The smallest absolute Gasteiger partial charge is 0.308 e. The highest BCUT2D eigenvalue weighted by molar-refractivity contribution is 6.06. The van der Waals surface area contributed by atoms with Crippen LogP contribution in [-0.2, 0) is 22.4 Å². The van der Waals surface area contributed by atoms with Gasteiger partial charge in [0.25, 0.3) is 0 Å². The largest absolute Gasteiger partial charge is 0.417 e. The molecular weight excluding hydrogens is 804 g/mol. The van der Waals surface area contributed by atoms with Crippen LogP contribution in [0.25, 0.3) is 33.4 Å². The summed E-state index contributed by atoms with van der Waals surface area (Å²) >= 11 is 0. The molecule has 0 amide bonds. The van der Waals surface area contributed by atoms with E-state index in [4.69, 9.17) is 29.9 Å². The summed E-state index contributed by atoms with van der Waals surface area (Å²) in [5, 5.41) is 0. The molecule has 3 aliphatic carbocycles. The van der Waals surface area contributed by atoms with Gasteiger partial charge in [0.15, 0.2) is 0 Å². The Morgan fingerprint density at radius 3 is 1.08 bits per heavy atom. The molecule has 10 heteroatoms.